The van der Waals surface area contributed by atoms with Crippen molar-refractivity contribution >= 4 is 28.3 Å². The van der Waals surface area contributed by atoms with Crippen LogP contribution < -0.4 is 4.72 Å². The summed E-state index contributed by atoms with van der Waals surface area (Å²) in [5.41, 5.74) is 1.69. The third kappa shape index (κ3) is 3.67. The van der Waals surface area contributed by atoms with Crippen molar-refractivity contribution < 1.29 is 12.8 Å². The molecule has 0 unspecified atom stereocenters. The molecule has 7 heteroatoms. The van der Waals surface area contributed by atoms with Gasteiger partial charge in [0.2, 0.25) is 0 Å². The van der Waals surface area contributed by atoms with Crippen LogP contribution in [0.5, 0.6) is 0 Å². The average molecular weight is 374 g/mol. The molecule has 3 rings (SSSR count). The van der Waals surface area contributed by atoms with Gasteiger partial charge in [-0.1, -0.05) is 24.3 Å². The fourth-order valence-corrected chi connectivity index (χ4v) is 3.74. The molecule has 1 aromatic heterocycles. The molecule has 0 fully saturated rings. The molecule has 0 amide bonds. The van der Waals surface area contributed by atoms with Crippen LogP contribution in [0, 0.1) is 12.7 Å². The van der Waals surface area contributed by atoms with Gasteiger partial charge in [0, 0.05) is 11.3 Å². The van der Waals surface area contributed by atoms with Gasteiger partial charge in [0.25, 0.3) is 10.0 Å². The maximum Gasteiger partial charge on any atom is 0.261 e. The van der Waals surface area contributed by atoms with Crippen molar-refractivity contribution in [1.82, 2.24) is 4.98 Å². The van der Waals surface area contributed by atoms with Gasteiger partial charge < -0.3 is 0 Å². The van der Waals surface area contributed by atoms with Crippen molar-refractivity contribution in [3.63, 3.8) is 0 Å². The Balaban J connectivity index is 1.99. The van der Waals surface area contributed by atoms with Crippen LogP contribution in [0.25, 0.3) is 11.3 Å². The maximum absolute atomic E-state index is 14.7. The van der Waals surface area contributed by atoms with Crippen molar-refractivity contribution in [1.29, 1.82) is 0 Å². The van der Waals surface area contributed by atoms with E-state index in [4.69, 9.17) is 0 Å². The molecule has 0 aliphatic rings. The number of anilines is 1. The topological polar surface area (TPSA) is 59.1 Å². The molecule has 0 bridgehead atoms. The number of benzene rings is 2. The van der Waals surface area contributed by atoms with Gasteiger partial charge in [0.05, 0.1) is 21.2 Å². The molecule has 0 aliphatic carbocycles. The highest BCUT2D eigenvalue weighted by Crippen LogP contribution is 2.32. The predicted octanol–water partition coefficient (Wildman–Crippen LogP) is 4.29. The fourth-order valence-electron chi connectivity index (χ4n) is 2.35. The summed E-state index contributed by atoms with van der Waals surface area (Å²) in [6.07, 6.45) is 0. The van der Waals surface area contributed by atoms with Crippen LogP contribution in [-0.2, 0) is 10.0 Å². The molecule has 1 N–H and O–H groups in total. The number of pyridine rings is 1. The maximum atomic E-state index is 14.7. The van der Waals surface area contributed by atoms with Gasteiger partial charge in [-0.15, -0.1) is 12.6 Å². The number of hydrogen-bond donors (Lipinski definition) is 2. The molecule has 128 valence electrons. The zero-order valence-electron chi connectivity index (χ0n) is 13.3. The van der Waals surface area contributed by atoms with E-state index >= 15 is 0 Å². The lowest BCUT2D eigenvalue weighted by molar-refractivity contribution is 0.594. The van der Waals surface area contributed by atoms with E-state index in [1.165, 1.54) is 18.2 Å². The van der Waals surface area contributed by atoms with Gasteiger partial charge >= 0.3 is 0 Å². The number of nitrogens with one attached hydrogen (secondary N) is 1. The molecule has 3 aromatic rings. The Labute approximate surface area is 151 Å². The molecule has 0 radical (unpaired) electrons. The molecule has 25 heavy (non-hydrogen) atoms. The normalized spacial score (nSPS) is 11.3. The average Bonchev–Trinajstić information content (AvgIpc) is 2.60. The van der Waals surface area contributed by atoms with E-state index in [0.29, 0.717) is 11.3 Å². The molecular formula is C18H15FN2O2S2. The summed E-state index contributed by atoms with van der Waals surface area (Å²) in [5, 5.41) is 0. The highest BCUT2D eigenvalue weighted by molar-refractivity contribution is 7.92. The van der Waals surface area contributed by atoms with Crippen LogP contribution in [0.1, 0.15) is 5.69 Å². The van der Waals surface area contributed by atoms with E-state index in [-0.39, 0.29) is 15.5 Å². The summed E-state index contributed by atoms with van der Waals surface area (Å²) in [7, 11) is -3.88. The van der Waals surface area contributed by atoms with Crippen molar-refractivity contribution in [2.75, 3.05) is 4.72 Å². The summed E-state index contributed by atoms with van der Waals surface area (Å²) in [6, 6.07) is 16.1. The largest absolute Gasteiger partial charge is 0.277 e. The zero-order valence-corrected chi connectivity index (χ0v) is 15.0. The predicted molar refractivity (Wildman–Crippen MR) is 98.9 cm³/mol. The number of halogens is 1. The quantitative estimate of drug-likeness (QED) is 0.670. The highest BCUT2D eigenvalue weighted by Gasteiger charge is 2.19. The monoisotopic (exact) mass is 374 g/mol. The van der Waals surface area contributed by atoms with Crippen molar-refractivity contribution in [3.05, 3.63) is 72.2 Å². The third-order valence-electron chi connectivity index (χ3n) is 3.58. The molecule has 4 nitrogen and oxygen atoms in total. The van der Waals surface area contributed by atoms with Gasteiger partial charge in [0.1, 0.15) is 0 Å². The van der Waals surface area contributed by atoms with E-state index in [1.54, 1.807) is 30.3 Å². The van der Waals surface area contributed by atoms with E-state index in [1.807, 2.05) is 19.1 Å². The second-order valence-corrected chi connectivity index (χ2v) is 7.54. The molecule has 1 heterocycles. The molecule has 0 saturated carbocycles. The Morgan fingerprint density at radius 1 is 1.00 bits per heavy atom. The summed E-state index contributed by atoms with van der Waals surface area (Å²) in [5.74, 6) is -0.747. The smallest absolute Gasteiger partial charge is 0.261 e. The Kier molecular flexibility index (Phi) is 4.78. The second-order valence-electron chi connectivity index (χ2n) is 5.41. The number of hydrogen-bond acceptors (Lipinski definition) is 4. The first-order valence-corrected chi connectivity index (χ1v) is 9.35. The molecular weight excluding hydrogens is 359 g/mol. The van der Waals surface area contributed by atoms with E-state index in [9.17, 15) is 12.8 Å². The van der Waals surface area contributed by atoms with Crippen molar-refractivity contribution in [3.8, 4) is 11.3 Å². The number of rotatable bonds is 4. The molecule has 0 spiro atoms. The molecule has 0 aliphatic heterocycles. The Bertz CT molecular complexity index is 1020. The zero-order chi connectivity index (χ0) is 18.0. The number of aryl methyl sites for hydroxylation is 1. The number of aromatic nitrogens is 1. The minimum absolute atomic E-state index is 0.0337. The Hall–Kier alpha value is -2.38. The van der Waals surface area contributed by atoms with Crippen LogP contribution in [0.15, 0.2) is 70.5 Å². The van der Waals surface area contributed by atoms with Crippen LogP contribution in [-0.4, -0.2) is 13.4 Å². The van der Waals surface area contributed by atoms with Crippen LogP contribution >= 0.6 is 12.6 Å². The van der Waals surface area contributed by atoms with Gasteiger partial charge in [-0.3, -0.25) is 9.71 Å². The second kappa shape index (κ2) is 6.85. The van der Waals surface area contributed by atoms with Crippen LogP contribution in [0.4, 0.5) is 10.1 Å². The van der Waals surface area contributed by atoms with Crippen LogP contribution in [0.2, 0.25) is 0 Å². The Morgan fingerprint density at radius 2 is 1.72 bits per heavy atom. The van der Waals surface area contributed by atoms with E-state index in [0.717, 1.165) is 5.69 Å². The van der Waals surface area contributed by atoms with Crippen molar-refractivity contribution in [2.45, 2.75) is 16.7 Å². The lowest BCUT2D eigenvalue weighted by Crippen LogP contribution is -2.14. The van der Waals surface area contributed by atoms with Gasteiger partial charge in [-0.2, -0.15) is 0 Å². The lowest BCUT2D eigenvalue weighted by atomic mass is 10.1. The minimum Gasteiger partial charge on any atom is -0.277 e. The highest BCUT2D eigenvalue weighted by atomic mass is 32.2. The lowest BCUT2D eigenvalue weighted by Gasteiger charge is -2.12. The number of thiol groups is 1. The molecule has 0 saturated heterocycles. The summed E-state index contributed by atoms with van der Waals surface area (Å²) in [6.45, 7) is 1.83. The van der Waals surface area contributed by atoms with Gasteiger partial charge in [-0.25, -0.2) is 12.8 Å². The minimum atomic E-state index is -3.88. The number of nitrogens with zero attached hydrogens (tertiary/aromatic N) is 1. The first-order valence-electron chi connectivity index (χ1n) is 7.42. The van der Waals surface area contributed by atoms with Crippen molar-refractivity contribution in [2.24, 2.45) is 0 Å². The van der Waals surface area contributed by atoms with E-state index < -0.39 is 15.8 Å². The van der Waals surface area contributed by atoms with E-state index in [2.05, 4.69) is 22.3 Å². The molecule has 0 atom stereocenters. The third-order valence-corrected chi connectivity index (χ3v) is 5.40. The fraction of sp³-hybridized carbons (Fsp3) is 0.0556. The summed E-state index contributed by atoms with van der Waals surface area (Å²) in [4.78, 5) is 4.43. The first kappa shape index (κ1) is 17.4. The first-order chi connectivity index (χ1) is 11.9. The number of sulfonamides is 1. The summed E-state index contributed by atoms with van der Waals surface area (Å²) >= 11 is 4.21. The van der Waals surface area contributed by atoms with Crippen LogP contribution in [0.3, 0.4) is 0 Å². The summed E-state index contributed by atoms with van der Waals surface area (Å²) < 4.78 is 41.6. The SMILES string of the molecule is Cc1cccc(-c2ccc(NS(=O)(=O)c3ccccc3)c(F)c2S)n1. The standard InChI is InChI=1S/C18H15FN2O2S2/c1-12-6-5-9-15(20-12)14-10-11-16(17(19)18(14)24)21-25(22,23)13-7-3-2-4-8-13/h2-11,21,24H,1H3. The van der Waals surface area contributed by atoms with Gasteiger partial charge in [0.15, 0.2) is 5.82 Å². The van der Waals surface area contributed by atoms with Gasteiger partial charge in [-0.05, 0) is 43.3 Å². The molecule has 2 aromatic carbocycles. The Morgan fingerprint density at radius 3 is 2.40 bits per heavy atom.